The van der Waals surface area contributed by atoms with E-state index in [0.29, 0.717) is 31.8 Å². The number of aryl methyl sites for hydroxylation is 1. The number of fused-ring (bicyclic) bond motifs is 1. The second kappa shape index (κ2) is 15.7. The zero-order valence-corrected chi connectivity index (χ0v) is 31.7. The number of thioether (sulfide) groups is 2. The van der Waals surface area contributed by atoms with Gasteiger partial charge >= 0.3 is 29.8 Å². The number of urea groups is 1. The first kappa shape index (κ1) is 38.0. The monoisotopic (exact) mass is 794 g/mol. The predicted octanol–water partition coefficient (Wildman–Crippen LogP) is 3.42. The lowest BCUT2D eigenvalue weighted by atomic mass is 9.88. The molecule has 276 valence electrons. The number of carboxylic acid groups (broad SMARTS) is 2. The molecule has 3 aromatic rings. The van der Waals surface area contributed by atoms with Crippen LogP contribution in [-0.4, -0.2) is 106 Å². The van der Waals surface area contributed by atoms with Crippen LogP contribution >= 0.6 is 47.1 Å². The van der Waals surface area contributed by atoms with E-state index < -0.39 is 52.6 Å². The third-order valence-electron chi connectivity index (χ3n) is 8.96. The van der Waals surface area contributed by atoms with E-state index in [1.54, 1.807) is 44.2 Å². The number of imide groups is 1. The van der Waals surface area contributed by atoms with Gasteiger partial charge < -0.3 is 30.6 Å². The van der Waals surface area contributed by atoms with Crippen LogP contribution in [0.2, 0.25) is 0 Å². The molecular weight excluding hydrogens is 761 g/mol. The van der Waals surface area contributed by atoms with Crippen molar-refractivity contribution in [1.29, 1.82) is 0 Å². The number of hydrogen-bond acceptors (Lipinski definition) is 11. The molecule has 0 radical (unpaired) electrons. The molecule has 14 nitrogen and oxygen atoms in total. The van der Waals surface area contributed by atoms with Gasteiger partial charge in [0.05, 0.1) is 12.1 Å². The lowest BCUT2D eigenvalue weighted by molar-refractivity contribution is -0.154. The molecule has 2 fully saturated rings. The van der Waals surface area contributed by atoms with Crippen LogP contribution in [0.15, 0.2) is 76.3 Å². The number of piperazine rings is 1. The summed E-state index contributed by atoms with van der Waals surface area (Å²) in [6.07, 6.45) is -0.143. The van der Waals surface area contributed by atoms with E-state index in [4.69, 9.17) is 17.3 Å². The van der Waals surface area contributed by atoms with Crippen LogP contribution in [0.3, 0.4) is 0 Å². The Morgan fingerprint density at radius 3 is 2.38 bits per heavy atom. The van der Waals surface area contributed by atoms with E-state index in [9.17, 15) is 33.9 Å². The van der Waals surface area contributed by atoms with Gasteiger partial charge in [-0.3, -0.25) is 24.1 Å². The second-order valence-corrected chi connectivity index (χ2v) is 16.4. The van der Waals surface area contributed by atoms with Crippen molar-refractivity contribution in [2.24, 2.45) is 0 Å². The first-order valence-electron chi connectivity index (χ1n) is 16.3. The van der Waals surface area contributed by atoms with Crippen LogP contribution in [0.25, 0.3) is 0 Å². The minimum absolute atomic E-state index is 0.0134. The Hall–Kier alpha value is -4.78. The highest BCUT2D eigenvalue weighted by atomic mass is 32.2. The molecule has 1 unspecified atom stereocenters. The highest BCUT2D eigenvalue weighted by Crippen LogP contribution is 2.48. The van der Waals surface area contributed by atoms with Crippen molar-refractivity contribution in [2.45, 2.75) is 48.1 Å². The molecule has 0 spiro atoms. The smallest absolute Gasteiger partial charge is 0.352 e. The number of benzene rings is 2. The van der Waals surface area contributed by atoms with Gasteiger partial charge in [-0.1, -0.05) is 84.6 Å². The lowest BCUT2D eigenvalue weighted by Gasteiger charge is -2.58. The van der Waals surface area contributed by atoms with E-state index in [-0.39, 0.29) is 42.5 Å². The van der Waals surface area contributed by atoms with Crippen molar-refractivity contribution >= 4 is 87.8 Å². The molecular formula is C35H34N6O8S4. The number of hydrogen-bond donors (Lipinski definition) is 4. The number of thiocarbonyl (C=S) groups is 1. The quantitative estimate of drug-likeness (QED) is 0.119. The molecule has 3 aliphatic heterocycles. The normalized spacial score (nSPS) is 20.5. The van der Waals surface area contributed by atoms with Gasteiger partial charge in [0.2, 0.25) is 5.91 Å². The molecule has 3 atom stereocenters. The first-order valence-corrected chi connectivity index (χ1v) is 19.6. The molecule has 4 N–H and O–H groups in total. The van der Waals surface area contributed by atoms with Gasteiger partial charge in [-0.25, -0.2) is 14.6 Å². The molecule has 6 rings (SSSR count). The Kier molecular flexibility index (Phi) is 11.2. The number of amides is 5. The van der Waals surface area contributed by atoms with Crippen molar-refractivity contribution in [3.8, 4) is 0 Å². The minimum Gasteiger partial charge on any atom is -0.481 e. The van der Waals surface area contributed by atoms with E-state index in [1.165, 1.54) is 44.7 Å². The number of carboxylic acids is 2. The topological polar surface area (TPSA) is 190 Å². The average molecular weight is 795 g/mol. The molecule has 3 aliphatic rings. The summed E-state index contributed by atoms with van der Waals surface area (Å²) in [5, 5.41) is 24.5. The van der Waals surface area contributed by atoms with Gasteiger partial charge in [0, 0.05) is 36.0 Å². The standard InChI is InChI=1S/C35H34N6O8S4/c1-19-23(15-24(42)43)53-34(36-19)52-18-22-17-51-32-35(2,31(50)41(32)26(22)30(47)48)38-27(44)25(21-11-7-4-8-12-21)37-33(49)40-14-13-39(28(45)29(40)46)16-20-9-5-3-6-10-20/h3-12,25,32H,13-18H2,1-2H3,(H,37,49)(H,38,44)(H,42,43)(H,47,48)/t25?,32-,35+/m0/s1. The van der Waals surface area contributed by atoms with Crippen molar-refractivity contribution in [3.63, 3.8) is 0 Å². The van der Waals surface area contributed by atoms with Crippen molar-refractivity contribution < 1.29 is 39.0 Å². The highest BCUT2D eigenvalue weighted by Gasteiger charge is 2.60. The molecule has 2 aromatic carbocycles. The van der Waals surface area contributed by atoms with Crippen LogP contribution in [-0.2, 0) is 36.9 Å². The van der Waals surface area contributed by atoms with Gasteiger partial charge in [0.15, 0.2) is 4.34 Å². The molecule has 53 heavy (non-hydrogen) atoms. The van der Waals surface area contributed by atoms with Gasteiger partial charge in [-0.05, 0) is 30.5 Å². The van der Waals surface area contributed by atoms with Gasteiger partial charge in [-0.2, -0.15) is 0 Å². The van der Waals surface area contributed by atoms with E-state index in [0.717, 1.165) is 10.5 Å². The maximum Gasteiger partial charge on any atom is 0.352 e. The molecule has 5 amide bonds. The number of aromatic nitrogens is 1. The molecule has 0 saturated carbocycles. The van der Waals surface area contributed by atoms with Gasteiger partial charge in [-0.15, -0.1) is 23.1 Å². The maximum absolute atomic E-state index is 14.1. The fraction of sp³-hybridized carbons (Fsp3) is 0.314. The summed E-state index contributed by atoms with van der Waals surface area (Å²) in [6.45, 7) is 3.69. The Morgan fingerprint density at radius 1 is 1.04 bits per heavy atom. The number of nitrogens with one attached hydrogen (secondary N) is 2. The Morgan fingerprint density at radius 2 is 1.72 bits per heavy atom. The molecule has 0 bridgehead atoms. The summed E-state index contributed by atoms with van der Waals surface area (Å²) in [4.78, 5) is 86.4. The number of nitrogens with zero attached hydrogens (tertiary/aromatic N) is 4. The van der Waals surface area contributed by atoms with Crippen LogP contribution < -0.4 is 10.6 Å². The number of rotatable bonds is 12. The molecule has 1 aromatic heterocycles. The van der Waals surface area contributed by atoms with Crippen LogP contribution in [0.5, 0.6) is 0 Å². The summed E-state index contributed by atoms with van der Waals surface area (Å²) in [5.41, 5.74) is 1.30. The average Bonchev–Trinajstić information content (AvgIpc) is 3.49. The van der Waals surface area contributed by atoms with Crippen molar-refractivity contribution in [3.05, 3.63) is 93.6 Å². The molecule has 18 heteroatoms. The minimum atomic E-state index is -1.29. The summed E-state index contributed by atoms with van der Waals surface area (Å²) in [5.74, 6) is -4.02. The van der Waals surface area contributed by atoms with E-state index in [1.807, 2.05) is 30.3 Å². The molecule has 0 aliphatic carbocycles. The molecule has 2 saturated heterocycles. The summed E-state index contributed by atoms with van der Waals surface area (Å²) < 4.78 is 0.625. The van der Waals surface area contributed by atoms with Crippen LogP contribution in [0.4, 0.5) is 4.79 Å². The second-order valence-electron chi connectivity index (χ2n) is 12.6. The largest absolute Gasteiger partial charge is 0.481 e. The first-order chi connectivity index (χ1) is 25.3. The fourth-order valence-electron chi connectivity index (χ4n) is 6.22. The predicted molar refractivity (Wildman–Crippen MR) is 202 cm³/mol. The number of thiazole rings is 1. The fourth-order valence-corrected chi connectivity index (χ4v) is 10.5. The number of carbonyl (C=O) groups excluding carboxylic acids is 4. The van der Waals surface area contributed by atoms with E-state index >= 15 is 0 Å². The molecule has 4 heterocycles. The Labute approximate surface area is 322 Å². The van der Waals surface area contributed by atoms with Crippen molar-refractivity contribution in [1.82, 2.24) is 30.3 Å². The number of aliphatic carboxylic acids is 2. The zero-order chi connectivity index (χ0) is 38.0. The van der Waals surface area contributed by atoms with Crippen molar-refractivity contribution in [2.75, 3.05) is 24.6 Å². The Balaban J connectivity index is 1.15. The third-order valence-corrected chi connectivity index (χ3v) is 13.5. The third kappa shape index (κ3) is 7.81. The summed E-state index contributed by atoms with van der Waals surface area (Å²) in [7, 11) is 0. The van der Waals surface area contributed by atoms with Gasteiger partial charge in [0.1, 0.15) is 27.6 Å². The maximum atomic E-state index is 14.1. The number of carbonyl (C=O) groups is 6. The van der Waals surface area contributed by atoms with E-state index in [2.05, 4.69) is 15.6 Å². The summed E-state index contributed by atoms with van der Waals surface area (Å²) in [6, 6.07) is 15.4. The van der Waals surface area contributed by atoms with Crippen LogP contribution in [0.1, 0.15) is 34.7 Å². The summed E-state index contributed by atoms with van der Waals surface area (Å²) >= 11 is 9.73. The highest BCUT2D eigenvalue weighted by molar-refractivity contribution is 8.02. The SMILES string of the molecule is Cc1nc(SCC2=C(C(=O)O)N3C(=S)[C@@](C)(NC(=O)C(NC(=O)N4CCN(Cc5ccccc5)C(=O)C4=O)c4ccccc4)[C@@H]3SC2)sc1CC(=O)O. The zero-order valence-electron chi connectivity index (χ0n) is 28.4. The van der Waals surface area contributed by atoms with Gasteiger partial charge in [0.25, 0.3) is 0 Å². The Bertz CT molecular complexity index is 2030. The van der Waals surface area contributed by atoms with Crippen LogP contribution in [0, 0.1) is 6.92 Å². The lowest BCUT2D eigenvalue weighted by Crippen LogP contribution is -2.78.